The van der Waals surface area contributed by atoms with E-state index in [0.29, 0.717) is 32.5 Å². The van der Waals surface area contributed by atoms with Gasteiger partial charge in [0.2, 0.25) is 0 Å². The molecule has 2 atom stereocenters. The van der Waals surface area contributed by atoms with Crippen LogP contribution >= 0.6 is 0 Å². The predicted octanol–water partition coefficient (Wildman–Crippen LogP) is 6.15. The molecule has 0 radical (unpaired) electrons. The highest BCUT2D eigenvalue weighted by Crippen LogP contribution is 2.46. The normalized spacial score (nSPS) is 24.3. The molecular weight excluding hydrogens is 450 g/mol. The first-order valence-corrected chi connectivity index (χ1v) is 13.1. The molecule has 36 heavy (non-hydrogen) atoms. The van der Waals surface area contributed by atoms with Crippen molar-refractivity contribution in [1.82, 2.24) is 4.90 Å². The maximum atomic E-state index is 13.3. The maximum Gasteiger partial charge on any atom is 0.410 e. The van der Waals surface area contributed by atoms with Gasteiger partial charge >= 0.3 is 6.09 Å². The zero-order chi connectivity index (χ0) is 24.5. The Kier molecular flexibility index (Phi) is 6.18. The van der Waals surface area contributed by atoms with Crippen LogP contribution in [0.3, 0.4) is 0 Å². The molecule has 2 aliphatic heterocycles. The molecule has 0 saturated carbocycles. The second-order valence-corrected chi connectivity index (χ2v) is 10.5. The highest BCUT2D eigenvalue weighted by atomic mass is 16.6. The molecule has 1 aliphatic carbocycles. The number of amides is 1. The molecule has 0 spiro atoms. The minimum Gasteiger partial charge on any atom is -0.494 e. The summed E-state index contributed by atoms with van der Waals surface area (Å²) < 4.78 is 11.8. The van der Waals surface area contributed by atoms with Gasteiger partial charge in [-0.05, 0) is 72.9 Å². The summed E-state index contributed by atoms with van der Waals surface area (Å²) in [5.74, 6) is 0.917. The van der Waals surface area contributed by atoms with Crippen molar-refractivity contribution in [3.05, 3.63) is 90.0 Å². The fraction of sp³-hybridized carbons (Fsp3) is 0.387. The largest absolute Gasteiger partial charge is 0.494 e. The summed E-state index contributed by atoms with van der Waals surface area (Å²) in [6.07, 6.45) is 4.31. The molecule has 1 N–H and O–H groups in total. The van der Waals surface area contributed by atoms with Crippen LogP contribution in [0.2, 0.25) is 0 Å². The quantitative estimate of drug-likeness (QED) is 0.409. The highest BCUT2D eigenvalue weighted by Gasteiger charge is 2.49. The van der Waals surface area contributed by atoms with Gasteiger partial charge in [0.1, 0.15) is 12.4 Å². The van der Waals surface area contributed by atoms with Crippen molar-refractivity contribution in [1.29, 1.82) is 0 Å². The number of hydrogen-bond acceptors (Lipinski definition) is 4. The van der Waals surface area contributed by atoms with E-state index in [-0.39, 0.29) is 24.1 Å². The lowest BCUT2D eigenvalue weighted by Crippen LogP contribution is -2.53. The Bertz CT molecular complexity index is 1170. The van der Waals surface area contributed by atoms with E-state index in [1.54, 1.807) is 0 Å². The first-order chi connectivity index (χ1) is 17.6. The zero-order valence-corrected chi connectivity index (χ0v) is 20.5. The van der Waals surface area contributed by atoms with Gasteiger partial charge in [0.05, 0.1) is 12.2 Å². The van der Waals surface area contributed by atoms with Gasteiger partial charge in [0.25, 0.3) is 0 Å². The van der Waals surface area contributed by atoms with Crippen molar-refractivity contribution < 1.29 is 19.4 Å². The smallest absolute Gasteiger partial charge is 0.410 e. The summed E-state index contributed by atoms with van der Waals surface area (Å²) in [6.45, 7) is 0.918. The van der Waals surface area contributed by atoms with E-state index >= 15 is 0 Å². The zero-order valence-electron chi connectivity index (χ0n) is 20.5. The van der Waals surface area contributed by atoms with Gasteiger partial charge in [-0.1, -0.05) is 66.7 Å². The first-order valence-electron chi connectivity index (χ1n) is 13.1. The third-order valence-corrected chi connectivity index (χ3v) is 8.20. The third-order valence-electron chi connectivity index (χ3n) is 8.20. The number of rotatable bonds is 7. The van der Waals surface area contributed by atoms with E-state index < -0.39 is 5.60 Å². The number of carbonyl (C=O) groups is 1. The predicted molar refractivity (Wildman–Crippen MR) is 139 cm³/mol. The number of piperidine rings is 1. The van der Waals surface area contributed by atoms with Crippen LogP contribution in [0, 0.1) is 0 Å². The molecule has 1 amide bonds. The Morgan fingerprint density at radius 1 is 0.861 bits per heavy atom. The molecule has 5 nitrogen and oxygen atoms in total. The average Bonchev–Trinajstić information content (AvgIpc) is 3.38. The van der Waals surface area contributed by atoms with E-state index in [0.717, 1.165) is 25.0 Å². The Hall–Kier alpha value is -3.31. The molecule has 2 bridgehead atoms. The molecule has 2 heterocycles. The molecule has 6 rings (SSSR count). The summed E-state index contributed by atoms with van der Waals surface area (Å²) in [5.41, 5.74) is 4.16. The van der Waals surface area contributed by atoms with Crippen molar-refractivity contribution in [2.24, 2.45) is 0 Å². The number of ether oxygens (including phenoxy) is 2. The van der Waals surface area contributed by atoms with Gasteiger partial charge in [-0.25, -0.2) is 4.79 Å². The van der Waals surface area contributed by atoms with Crippen LogP contribution in [-0.2, 0) is 4.74 Å². The second kappa shape index (κ2) is 9.62. The summed E-state index contributed by atoms with van der Waals surface area (Å²) in [4.78, 5) is 15.2. The Morgan fingerprint density at radius 3 is 2.08 bits per heavy atom. The molecule has 3 aromatic carbocycles. The van der Waals surface area contributed by atoms with Crippen LogP contribution in [0.5, 0.6) is 5.75 Å². The summed E-state index contributed by atoms with van der Waals surface area (Å²) in [5, 5.41) is 11.3. The van der Waals surface area contributed by atoms with E-state index in [1.807, 2.05) is 35.2 Å². The van der Waals surface area contributed by atoms with Gasteiger partial charge in [-0.2, -0.15) is 0 Å². The number of para-hydroxylation sites is 1. The Balaban J connectivity index is 1.05. The number of hydrogen-bond donors (Lipinski definition) is 1. The molecule has 5 heteroatoms. The SMILES string of the molecule is O=C(OCC1c2ccccc2-c2ccccc21)N1C2CCC1CC(O)(CCCOc1ccccc1)C2. The van der Waals surface area contributed by atoms with E-state index in [2.05, 4.69) is 48.5 Å². The minimum absolute atomic E-state index is 0.0412. The lowest BCUT2D eigenvalue weighted by molar-refractivity contribution is -0.0559. The topological polar surface area (TPSA) is 59.0 Å². The van der Waals surface area contributed by atoms with Gasteiger partial charge in [0.15, 0.2) is 0 Å². The van der Waals surface area contributed by atoms with Crippen LogP contribution in [0.4, 0.5) is 4.79 Å². The molecule has 3 aliphatic rings. The summed E-state index contributed by atoms with van der Waals surface area (Å²) in [6, 6.07) is 26.7. The second-order valence-electron chi connectivity index (χ2n) is 10.5. The third kappa shape index (κ3) is 4.37. The minimum atomic E-state index is -0.744. The first kappa shape index (κ1) is 23.1. The van der Waals surface area contributed by atoms with Crippen molar-refractivity contribution in [2.45, 2.75) is 62.1 Å². The Morgan fingerprint density at radius 2 is 1.44 bits per heavy atom. The fourth-order valence-electron chi connectivity index (χ4n) is 6.60. The van der Waals surface area contributed by atoms with Crippen LogP contribution in [0.25, 0.3) is 11.1 Å². The number of aliphatic hydroxyl groups is 1. The van der Waals surface area contributed by atoms with Gasteiger partial charge in [0, 0.05) is 18.0 Å². The van der Waals surface area contributed by atoms with E-state index in [9.17, 15) is 9.90 Å². The molecule has 2 unspecified atom stereocenters. The lowest BCUT2D eigenvalue weighted by atomic mass is 9.83. The maximum absolute atomic E-state index is 13.3. The van der Waals surface area contributed by atoms with Crippen molar-refractivity contribution in [3.8, 4) is 16.9 Å². The standard InChI is InChI=1S/C31H33NO4/c33-30(36-21-29-27-13-6-4-11-25(27)26-12-5-7-14-28(26)29)32-22-15-16-23(32)20-31(34,19-22)17-8-18-35-24-9-2-1-3-10-24/h1-7,9-14,22-23,29,34H,8,15-21H2. The van der Waals surface area contributed by atoms with Crippen LogP contribution in [0.15, 0.2) is 78.9 Å². The molecular formula is C31H33NO4. The van der Waals surface area contributed by atoms with Gasteiger partial charge < -0.3 is 19.5 Å². The van der Waals surface area contributed by atoms with Crippen LogP contribution in [0.1, 0.15) is 55.6 Å². The number of fused-ring (bicyclic) bond motifs is 5. The molecule has 3 aromatic rings. The number of nitrogens with zero attached hydrogens (tertiary/aromatic N) is 1. The summed E-state index contributed by atoms with van der Waals surface area (Å²) >= 11 is 0. The fourth-order valence-corrected chi connectivity index (χ4v) is 6.60. The molecule has 2 fully saturated rings. The van der Waals surface area contributed by atoms with E-state index in [4.69, 9.17) is 9.47 Å². The lowest BCUT2D eigenvalue weighted by Gasteiger charge is -2.43. The van der Waals surface area contributed by atoms with Crippen molar-refractivity contribution >= 4 is 6.09 Å². The molecule has 0 aromatic heterocycles. The van der Waals surface area contributed by atoms with Crippen molar-refractivity contribution in [2.75, 3.05) is 13.2 Å². The van der Waals surface area contributed by atoms with Crippen LogP contribution in [-0.4, -0.2) is 47.0 Å². The number of benzene rings is 3. The molecule has 186 valence electrons. The van der Waals surface area contributed by atoms with Crippen LogP contribution < -0.4 is 4.74 Å². The molecule has 2 saturated heterocycles. The van der Waals surface area contributed by atoms with Gasteiger partial charge in [-0.15, -0.1) is 0 Å². The summed E-state index contributed by atoms with van der Waals surface area (Å²) in [7, 11) is 0. The monoisotopic (exact) mass is 483 g/mol. The van der Waals surface area contributed by atoms with Crippen molar-refractivity contribution in [3.63, 3.8) is 0 Å². The Labute approximate surface area is 212 Å². The highest BCUT2D eigenvalue weighted by molar-refractivity contribution is 5.79. The van der Waals surface area contributed by atoms with Gasteiger partial charge in [-0.3, -0.25) is 0 Å². The van der Waals surface area contributed by atoms with E-state index in [1.165, 1.54) is 22.3 Å². The number of carbonyl (C=O) groups excluding carboxylic acids is 1. The average molecular weight is 484 g/mol.